The van der Waals surface area contributed by atoms with Crippen molar-refractivity contribution in [1.82, 2.24) is 0 Å². The Bertz CT molecular complexity index is 114. The zero-order chi connectivity index (χ0) is 8.15. The highest BCUT2D eigenvalue weighted by atomic mass is 35.5. The van der Waals surface area contributed by atoms with E-state index in [0.29, 0.717) is 0 Å². The molecule has 0 saturated carbocycles. The van der Waals surface area contributed by atoms with Gasteiger partial charge in [-0.25, -0.2) is 0 Å². The van der Waals surface area contributed by atoms with Gasteiger partial charge >= 0.3 is 5.97 Å². The number of aliphatic carboxylic acids is 1. The molecule has 1 N–H and O–H groups in total. The highest BCUT2D eigenvalue weighted by Gasteiger charge is 2.14. The van der Waals surface area contributed by atoms with E-state index in [0.717, 1.165) is 6.42 Å². The summed E-state index contributed by atoms with van der Waals surface area (Å²) < 4.78 is 0. The van der Waals surface area contributed by atoms with Crippen LogP contribution in [0, 0.1) is 5.92 Å². The molecule has 60 valence electrons. The lowest BCUT2D eigenvalue weighted by Crippen LogP contribution is -2.14. The zero-order valence-corrected chi connectivity index (χ0v) is 7.06. The van der Waals surface area contributed by atoms with Gasteiger partial charge in [-0.15, -0.1) is 11.6 Å². The molecule has 0 aliphatic carbocycles. The van der Waals surface area contributed by atoms with Gasteiger partial charge in [0.05, 0.1) is 0 Å². The van der Waals surface area contributed by atoms with Crippen molar-refractivity contribution in [2.75, 3.05) is 0 Å². The van der Waals surface area contributed by atoms with E-state index in [2.05, 4.69) is 0 Å². The smallest absolute Gasteiger partial charge is 0.303 e. The zero-order valence-electron chi connectivity index (χ0n) is 6.30. The maximum atomic E-state index is 10.2. The van der Waals surface area contributed by atoms with Crippen LogP contribution in [0.1, 0.15) is 26.7 Å². The number of alkyl halides is 1. The summed E-state index contributed by atoms with van der Waals surface area (Å²) in [5, 5.41) is 8.37. The van der Waals surface area contributed by atoms with Crippen LogP contribution in [0.2, 0.25) is 0 Å². The topological polar surface area (TPSA) is 37.3 Å². The van der Waals surface area contributed by atoms with Gasteiger partial charge in [0.15, 0.2) is 0 Å². The first kappa shape index (κ1) is 9.76. The number of carbonyl (C=O) groups is 1. The van der Waals surface area contributed by atoms with Crippen LogP contribution in [0.15, 0.2) is 0 Å². The van der Waals surface area contributed by atoms with Gasteiger partial charge in [-0.05, 0) is 12.3 Å². The van der Waals surface area contributed by atoms with Crippen LogP contribution in [0.25, 0.3) is 0 Å². The normalized spacial score (nSPS) is 16.3. The minimum absolute atomic E-state index is 0.00361. The maximum Gasteiger partial charge on any atom is 0.303 e. The van der Waals surface area contributed by atoms with Gasteiger partial charge in [0.1, 0.15) is 0 Å². The third-order valence-electron chi connectivity index (χ3n) is 1.50. The second-order valence-corrected chi connectivity index (χ2v) is 3.06. The standard InChI is InChI=1S/C7H13ClO2/c1-3-6(8)5(2)4-7(9)10/h5-6H,3-4H2,1-2H3,(H,9,10). The summed E-state index contributed by atoms with van der Waals surface area (Å²) in [5.74, 6) is -0.698. The Morgan fingerprint density at radius 2 is 2.20 bits per heavy atom. The van der Waals surface area contributed by atoms with E-state index in [1.54, 1.807) is 0 Å². The minimum atomic E-state index is -0.772. The molecule has 2 atom stereocenters. The fourth-order valence-electron chi connectivity index (χ4n) is 0.806. The third kappa shape index (κ3) is 3.72. The summed E-state index contributed by atoms with van der Waals surface area (Å²) in [5.41, 5.74) is 0. The van der Waals surface area contributed by atoms with Gasteiger partial charge in [0.25, 0.3) is 0 Å². The van der Waals surface area contributed by atoms with Gasteiger partial charge in [-0.1, -0.05) is 13.8 Å². The predicted molar refractivity (Wildman–Crippen MR) is 41.3 cm³/mol. The molecular formula is C7H13ClO2. The van der Waals surface area contributed by atoms with Gasteiger partial charge in [0, 0.05) is 11.8 Å². The Morgan fingerprint density at radius 3 is 2.50 bits per heavy atom. The second-order valence-electron chi connectivity index (χ2n) is 2.50. The predicted octanol–water partition coefficient (Wildman–Crippen LogP) is 2.11. The summed E-state index contributed by atoms with van der Waals surface area (Å²) in [6.07, 6.45) is 0.998. The van der Waals surface area contributed by atoms with Crippen LogP contribution in [-0.4, -0.2) is 16.5 Å². The van der Waals surface area contributed by atoms with Crippen molar-refractivity contribution in [2.45, 2.75) is 32.1 Å². The molecule has 0 rings (SSSR count). The molecule has 0 amide bonds. The largest absolute Gasteiger partial charge is 0.481 e. The molecule has 0 aliphatic heterocycles. The summed E-state index contributed by atoms with van der Waals surface area (Å²) in [6, 6.07) is 0. The Hall–Kier alpha value is -0.240. The van der Waals surface area contributed by atoms with E-state index in [1.165, 1.54) is 0 Å². The molecule has 0 saturated heterocycles. The van der Waals surface area contributed by atoms with Gasteiger partial charge in [-0.3, -0.25) is 4.79 Å². The molecular weight excluding hydrogens is 152 g/mol. The van der Waals surface area contributed by atoms with E-state index in [9.17, 15) is 4.79 Å². The summed E-state index contributed by atoms with van der Waals surface area (Å²) in [7, 11) is 0. The number of halogens is 1. The van der Waals surface area contributed by atoms with Crippen molar-refractivity contribution >= 4 is 17.6 Å². The van der Waals surface area contributed by atoms with E-state index in [1.807, 2.05) is 13.8 Å². The number of carboxylic acids is 1. The quantitative estimate of drug-likeness (QED) is 0.647. The molecule has 2 nitrogen and oxygen atoms in total. The second kappa shape index (κ2) is 4.56. The van der Waals surface area contributed by atoms with E-state index >= 15 is 0 Å². The van der Waals surface area contributed by atoms with Crippen molar-refractivity contribution in [2.24, 2.45) is 5.92 Å². The molecule has 2 unspecified atom stereocenters. The SMILES string of the molecule is CCC(Cl)C(C)CC(=O)O. The van der Waals surface area contributed by atoms with Crippen LogP contribution >= 0.6 is 11.6 Å². The van der Waals surface area contributed by atoms with Gasteiger partial charge < -0.3 is 5.11 Å². The van der Waals surface area contributed by atoms with Crippen molar-refractivity contribution in [3.63, 3.8) is 0 Å². The van der Waals surface area contributed by atoms with E-state index in [-0.39, 0.29) is 17.7 Å². The Morgan fingerprint density at radius 1 is 1.70 bits per heavy atom. The molecule has 0 aromatic heterocycles. The van der Waals surface area contributed by atoms with Crippen molar-refractivity contribution in [1.29, 1.82) is 0 Å². The molecule has 0 aliphatic rings. The van der Waals surface area contributed by atoms with Crippen LogP contribution in [-0.2, 0) is 4.79 Å². The van der Waals surface area contributed by atoms with Crippen molar-refractivity contribution < 1.29 is 9.90 Å². The molecule has 0 aromatic carbocycles. The average molecular weight is 165 g/mol. The van der Waals surface area contributed by atoms with Crippen molar-refractivity contribution in [3.8, 4) is 0 Å². The fourth-order valence-corrected chi connectivity index (χ4v) is 0.895. The van der Waals surface area contributed by atoms with Crippen LogP contribution in [0.4, 0.5) is 0 Å². The molecule has 0 radical (unpaired) electrons. The Balaban J connectivity index is 3.61. The highest BCUT2D eigenvalue weighted by Crippen LogP contribution is 2.16. The highest BCUT2D eigenvalue weighted by molar-refractivity contribution is 6.20. The fraction of sp³-hybridized carbons (Fsp3) is 0.857. The number of hydrogen-bond acceptors (Lipinski definition) is 1. The molecule has 0 aromatic rings. The first-order valence-electron chi connectivity index (χ1n) is 3.43. The first-order chi connectivity index (χ1) is 4.57. The molecule has 0 heterocycles. The first-order valence-corrected chi connectivity index (χ1v) is 3.87. The summed E-state index contributed by atoms with van der Waals surface area (Å²) in [6.45, 7) is 3.81. The monoisotopic (exact) mass is 164 g/mol. The lowest BCUT2D eigenvalue weighted by molar-refractivity contribution is -0.137. The summed E-state index contributed by atoms with van der Waals surface area (Å²) >= 11 is 5.80. The minimum Gasteiger partial charge on any atom is -0.481 e. The van der Waals surface area contributed by atoms with E-state index < -0.39 is 5.97 Å². The number of hydrogen-bond donors (Lipinski definition) is 1. The van der Waals surface area contributed by atoms with Crippen LogP contribution < -0.4 is 0 Å². The molecule has 3 heteroatoms. The van der Waals surface area contributed by atoms with Crippen molar-refractivity contribution in [3.05, 3.63) is 0 Å². The Kier molecular flexibility index (Phi) is 4.45. The van der Waals surface area contributed by atoms with Gasteiger partial charge in [0.2, 0.25) is 0 Å². The van der Waals surface area contributed by atoms with Crippen LogP contribution in [0.5, 0.6) is 0 Å². The maximum absolute atomic E-state index is 10.2. The summed E-state index contributed by atoms with van der Waals surface area (Å²) in [4.78, 5) is 10.2. The molecule has 0 fully saturated rings. The van der Waals surface area contributed by atoms with Gasteiger partial charge in [-0.2, -0.15) is 0 Å². The molecule has 10 heavy (non-hydrogen) atoms. The molecule has 0 bridgehead atoms. The number of rotatable bonds is 4. The average Bonchev–Trinajstić information content (AvgIpc) is 1.85. The lowest BCUT2D eigenvalue weighted by Gasteiger charge is -2.12. The van der Waals surface area contributed by atoms with Crippen LogP contribution in [0.3, 0.4) is 0 Å². The lowest BCUT2D eigenvalue weighted by atomic mass is 10.0. The van der Waals surface area contributed by atoms with E-state index in [4.69, 9.17) is 16.7 Å². The Labute approximate surface area is 66.2 Å². The third-order valence-corrected chi connectivity index (χ3v) is 2.24. The molecule has 0 spiro atoms. The number of carboxylic acid groups (broad SMARTS) is 1.